The molecule has 4 saturated carbocycles. The van der Waals surface area contributed by atoms with E-state index < -0.39 is 22.9 Å². The highest BCUT2D eigenvalue weighted by atomic mass is 16.6. The normalized spacial score (nSPS) is 60.3. The molecule has 3 heterocycles. The Kier molecular flexibility index (Phi) is 3.19. The van der Waals surface area contributed by atoms with Crippen LogP contribution in [0.3, 0.4) is 0 Å². The molecule has 7 fully saturated rings. The Hall–Kier alpha value is -1.47. The van der Waals surface area contributed by atoms with Gasteiger partial charge in [-0.3, -0.25) is 14.4 Å². The zero-order valence-electron chi connectivity index (χ0n) is 18.4. The van der Waals surface area contributed by atoms with Crippen molar-refractivity contribution in [3.05, 3.63) is 0 Å². The Bertz CT molecular complexity index is 946. The quantitative estimate of drug-likeness (QED) is 0.465. The van der Waals surface area contributed by atoms with Gasteiger partial charge < -0.3 is 18.9 Å². The molecule has 0 aromatic rings. The van der Waals surface area contributed by atoms with E-state index in [1.54, 1.807) is 0 Å². The molecule has 0 aromatic heterocycles. The van der Waals surface area contributed by atoms with Gasteiger partial charge in [-0.15, -0.1) is 0 Å². The minimum absolute atomic E-state index is 0.000380. The summed E-state index contributed by atoms with van der Waals surface area (Å²) in [5, 5.41) is 0. The summed E-state index contributed by atoms with van der Waals surface area (Å²) in [6.07, 6.45) is 5.22. The van der Waals surface area contributed by atoms with E-state index in [-0.39, 0.29) is 52.4 Å². The molecule has 0 N–H and O–H groups in total. The number of epoxide rings is 2. The van der Waals surface area contributed by atoms with Crippen LogP contribution in [0.15, 0.2) is 0 Å². The van der Waals surface area contributed by atoms with Crippen molar-refractivity contribution >= 4 is 17.7 Å². The van der Waals surface area contributed by atoms with Gasteiger partial charge in [-0.1, -0.05) is 13.8 Å². The van der Waals surface area contributed by atoms with Crippen molar-refractivity contribution in [2.45, 2.75) is 94.2 Å². The van der Waals surface area contributed by atoms with Gasteiger partial charge in [-0.2, -0.15) is 0 Å². The summed E-state index contributed by atoms with van der Waals surface area (Å²) in [6.45, 7) is 4.50. The molecule has 168 valence electrons. The Balaban J connectivity index is 1.37. The van der Waals surface area contributed by atoms with Crippen molar-refractivity contribution in [3.63, 3.8) is 0 Å². The van der Waals surface area contributed by atoms with Crippen LogP contribution in [0.4, 0.5) is 0 Å². The van der Waals surface area contributed by atoms with E-state index in [0.29, 0.717) is 19.3 Å². The predicted octanol–water partition coefficient (Wildman–Crippen LogP) is 2.34. The van der Waals surface area contributed by atoms with Gasteiger partial charge in [-0.05, 0) is 44.4 Å². The maximum absolute atomic E-state index is 13.2. The predicted molar refractivity (Wildman–Crippen MR) is 105 cm³/mol. The summed E-state index contributed by atoms with van der Waals surface area (Å²) in [7, 11) is 1.44. The molecule has 7 rings (SSSR count). The lowest BCUT2D eigenvalue weighted by molar-refractivity contribution is -0.184. The Morgan fingerprint density at radius 1 is 1.06 bits per heavy atom. The fourth-order valence-corrected chi connectivity index (χ4v) is 9.63. The van der Waals surface area contributed by atoms with E-state index in [1.807, 2.05) is 0 Å². The minimum atomic E-state index is -0.601. The van der Waals surface area contributed by atoms with Crippen LogP contribution in [0.25, 0.3) is 0 Å². The fourth-order valence-electron chi connectivity index (χ4n) is 9.63. The average Bonchev–Trinajstić information content (AvgIpc) is 3.59. The van der Waals surface area contributed by atoms with Gasteiger partial charge in [0.05, 0.1) is 19.1 Å². The molecule has 10 atom stereocenters. The second-order valence-electron chi connectivity index (χ2n) is 11.7. The van der Waals surface area contributed by atoms with Crippen molar-refractivity contribution in [2.24, 2.45) is 28.6 Å². The van der Waals surface area contributed by atoms with Crippen LogP contribution >= 0.6 is 0 Å². The van der Waals surface area contributed by atoms with E-state index in [4.69, 9.17) is 18.9 Å². The van der Waals surface area contributed by atoms with E-state index in [2.05, 4.69) is 13.8 Å². The van der Waals surface area contributed by atoms with Crippen LogP contribution in [0.2, 0.25) is 0 Å². The smallest absolute Gasteiger partial charge is 0.309 e. The second-order valence-corrected chi connectivity index (χ2v) is 11.7. The number of hydrogen-bond donors (Lipinski definition) is 0. The summed E-state index contributed by atoms with van der Waals surface area (Å²) >= 11 is 0. The molecule has 0 radical (unpaired) electrons. The van der Waals surface area contributed by atoms with Crippen LogP contribution in [0, 0.1) is 28.6 Å². The van der Waals surface area contributed by atoms with E-state index in [1.165, 1.54) is 7.11 Å². The van der Waals surface area contributed by atoms with Gasteiger partial charge in [0.1, 0.15) is 22.9 Å². The number of methoxy groups -OCH3 is 1. The molecule has 7 aliphatic rings. The summed E-state index contributed by atoms with van der Waals surface area (Å²) in [4.78, 5) is 37.9. The maximum atomic E-state index is 13.2. The standard InChI is InChI=1S/C24H30O7/c1-20-11-15-24(29-15)17(13(20)4-8-22(20)9-6-16(26)30-22)12(19(27)28-3)10-23-18(31-23)14(25)5-7-21(23,24)2/h12-13,15,17-18H,4-11H2,1-3H3/t12-,13?,15-,17?,18?,20+,21+,22?,23-,24-/m1/s1. The van der Waals surface area contributed by atoms with Crippen LogP contribution in [0.5, 0.6) is 0 Å². The zero-order chi connectivity index (χ0) is 21.6. The van der Waals surface area contributed by atoms with Gasteiger partial charge in [0.2, 0.25) is 0 Å². The van der Waals surface area contributed by atoms with Crippen molar-refractivity contribution in [2.75, 3.05) is 7.11 Å². The first-order chi connectivity index (χ1) is 14.7. The van der Waals surface area contributed by atoms with E-state index in [9.17, 15) is 14.4 Å². The largest absolute Gasteiger partial charge is 0.469 e. The monoisotopic (exact) mass is 430 g/mol. The number of ether oxygens (including phenoxy) is 4. The molecule has 31 heavy (non-hydrogen) atoms. The molecule has 0 amide bonds. The van der Waals surface area contributed by atoms with Gasteiger partial charge in [0.15, 0.2) is 5.78 Å². The van der Waals surface area contributed by atoms with Crippen molar-refractivity contribution < 1.29 is 33.3 Å². The topological polar surface area (TPSA) is 94.7 Å². The molecule has 0 bridgehead atoms. The fraction of sp³-hybridized carbons (Fsp3) is 0.875. The van der Waals surface area contributed by atoms with Gasteiger partial charge >= 0.3 is 11.9 Å². The lowest BCUT2D eigenvalue weighted by Gasteiger charge is -2.59. The molecule has 3 aliphatic heterocycles. The zero-order valence-corrected chi connectivity index (χ0v) is 18.4. The van der Waals surface area contributed by atoms with Crippen LogP contribution in [-0.4, -0.2) is 53.8 Å². The van der Waals surface area contributed by atoms with Crippen molar-refractivity contribution in [1.29, 1.82) is 0 Å². The Labute approximate surface area is 181 Å². The Morgan fingerprint density at radius 3 is 2.58 bits per heavy atom. The van der Waals surface area contributed by atoms with E-state index in [0.717, 1.165) is 32.1 Å². The van der Waals surface area contributed by atoms with Gasteiger partial charge in [0, 0.05) is 29.6 Å². The molecule has 7 nitrogen and oxygen atoms in total. The third-order valence-electron chi connectivity index (χ3n) is 11.2. The average molecular weight is 430 g/mol. The Morgan fingerprint density at radius 2 is 1.87 bits per heavy atom. The summed E-state index contributed by atoms with van der Waals surface area (Å²) < 4.78 is 24.2. The first kappa shape index (κ1) is 19.0. The van der Waals surface area contributed by atoms with Crippen LogP contribution in [-0.2, 0) is 33.3 Å². The molecular formula is C24H30O7. The first-order valence-electron chi connectivity index (χ1n) is 11.9. The molecule has 4 unspecified atom stereocenters. The number of hydrogen-bond acceptors (Lipinski definition) is 7. The molecule has 7 heteroatoms. The number of Topliss-reactive ketones (excluding diaryl/α,β-unsaturated/α-hetero) is 1. The van der Waals surface area contributed by atoms with Crippen LogP contribution < -0.4 is 0 Å². The van der Waals surface area contributed by atoms with Gasteiger partial charge in [0.25, 0.3) is 0 Å². The van der Waals surface area contributed by atoms with Crippen molar-refractivity contribution in [3.8, 4) is 0 Å². The van der Waals surface area contributed by atoms with Crippen molar-refractivity contribution in [1.82, 2.24) is 0 Å². The molecule has 3 spiro atoms. The highest BCUT2D eigenvalue weighted by Gasteiger charge is 2.91. The first-order valence-corrected chi connectivity index (χ1v) is 11.9. The lowest BCUT2D eigenvalue weighted by atomic mass is 9.41. The third-order valence-corrected chi connectivity index (χ3v) is 11.2. The summed E-state index contributed by atoms with van der Waals surface area (Å²) in [5.41, 5.74) is -2.00. The second kappa shape index (κ2) is 5.19. The molecular weight excluding hydrogens is 400 g/mol. The minimum Gasteiger partial charge on any atom is -0.469 e. The SMILES string of the molecule is COC(=O)[C@@H]1C[C@@]23OC2C(=O)CC[C@]3(C)[C@@]23O[C@@H]2C[C@@]2(C)C(CCC24CCC(=O)O4)C13. The maximum Gasteiger partial charge on any atom is 0.309 e. The van der Waals surface area contributed by atoms with E-state index >= 15 is 0 Å². The number of carbonyl (C=O) groups is 3. The number of carbonyl (C=O) groups excluding carboxylic acids is 3. The summed E-state index contributed by atoms with van der Waals surface area (Å²) in [6, 6.07) is 0. The highest BCUT2D eigenvalue weighted by molar-refractivity contribution is 5.89. The molecule has 4 aliphatic carbocycles. The molecule has 3 saturated heterocycles. The third kappa shape index (κ3) is 1.77. The molecule has 0 aromatic carbocycles. The number of ketones is 1. The van der Waals surface area contributed by atoms with Crippen LogP contribution in [0.1, 0.15) is 65.2 Å². The lowest BCUT2D eigenvalue weighted by Crippen LogP contribution is -2.68. The summed E-state index contributed by atoms with van der Waals surface area (Å²) in [5.74, 6) is -0.325. The number of fused-ring (bicyclic) bond motifs is 3. The number of rotatable bonds is 1. The van der Waals surface area contributed by atoms with Gasteiger partial charge in [-0.25, -0.2) is 0 Å². The number of esters is 2. The highest BCUT2D eigenvalue weighted by Crippen LogP contribution is 2.82.